The maximum Gasteiger partial charge on any atom is 0.263 e. The lowest BCUT2D eigenvalue weighted by Crippen LogP contribution is -2.35. The van der Waals surface area contributed by atoms with Gasteiger partial charge in [0.2, 0.25) is 0 Å². The minimum absolute atomic E-state index is 0.104. The van der Waals surface area contributed by atoms with Crippen LogP contribution in [0.15, 0.2) is 24.3 Å². The molecule has 4 heteroatoms. The molecule has 0 spiro atoms. The minimum Gasteiger partial charge on any atom is -0.311 e. The van der Waals surface area contributed by atoms with Gasteiger partial charge in [-0.2, -0.15) is 0 Å². The monoisotopic (exact) mass is 282 g/mol. The molecule has 0 bridgehead atoms. The number of alkyl halides is 2. The van der Waals surface area contributed by atoms with E-state index in [1.165, 1.54) is 31.7 Å². The fourth-order valence-electron chi connectivity index (χ4n) is 2.85. The van der Waals surface area contributed by atoms with Crippen molar-refractivity contribution in [3.63, 3.8) is 0 Å². The van der Waals surface area contributed by atoms with Crippen molar-refractivity contribution in [3.8, 4) is 0 Å². The Hall–Kier alpha value is -1.00. The molecule has 1 saturated carbocycles. The summed E-state index contributed by atoms with van der Waals surface area (Å²) in [5, 5.41) is 3.34. The minimum atomic E-state index is -2.39. The molecule has 20 heavy (non-hydrogen) atoms. The summed E-state index contributed by atoms with van der Waals surface area (Å²) in [6, 6.07) is 7.38. The first-order valence-electron chi connectivity index (χ1n) is 7.45. The van der Waals surface area contributed by atoms with Crippen LogP contribution in [0.5, 0.6) is 0 Å². The van der Waals surface area contributed by atoms with Crippen LogP contribution in [0.4, 0.5) is 8.78 Å². The van der Waals surface area contributed by atoms with Crippen LogP contribution in [-0.2, 0) is 6.54 Å². The molecule has 1 aromatic carbocycles. The Labute approximate surface area is 120 Å². The van der Waals surface area contributed by atoms with E-state index in [4.69, 9.17) is 0 Å². The Morgan fingerprint density at radius 1 is 1.30 bits per heavy atom. The lowest BCUT2D eigenvalue weighted by Gasteiger charge is -2.24. The third kappa shape index (κ3) is 4.53. The van der Waals surface area contributed by atoms with Gasteiger partial charge >= 0.3 is 0 Å². The summed E-state index contributed by atoms with van der Waals surface area (Å²) in [5.41, 5.74) is 1.03. The summed E-state index contributed by atoms with van der Waals surface area (Å²) in [7, 11) is 2.18. The number of hydrogen-bond acceptors (Lipinski definition) is 2. The van der Waals surface area contributed by atoms with E-state index < -0.39 is 6.43 Å². The number of rotatable bonds is 7. The van der Waals surface area contributed by atoms with Crippen LogP contribution in [0.25, 0.3) is 0 Å². The van der Waals surface area contributed by atoms with Gasteiger partial charge in [0.25, 0.3) is 6.43 Å². The Kier molecular flexibility index (Phi) is 5.92. The van der Waals surface area contributed by atoms with Crippen molar-refractivity contribution in [2.75, 3.05) is 20.1 Å². The normalized spacial score (nSPS) is 16.4. The van der Waals surface area contributed by atoms with Crippen molar-refractivity contribution in [2.24, 2.45) is 0 Å². The van der Waals surface area contributed by atoms with Crippen LogP contribution < -0.4 is 5.32 Å². The van der Waals surface area contributed by atoms with Gasteiger partial charge in [0, 0.05) is 31.2 Å². The summed E-state index contributed by atoms with van der Waals surface area (Å²) in [6.07, 6.45) is 2.94. The highest BCUT2D eigenvalue weighted by Gasteiger charge is 2.18. The largest absolute Gasteiger partial charge is 0.311 e. The Morgan fingerprint density at radius 3 is 2.75 bits per heavy atom. The van der Waals surface area contributed by atoms with Crippen molar-refractivity contribution < 1.29 is 8.78 Å². The molecule has 0 atom stereocenters. The number of likely N-dealkylation sites (N-methyl/N-ethyl adjacent to an activating group) is 1. The molecule has 1 N–H and O–H groups in total. The fraction of sp³-hybridized carbons (Fsp3) is 0.625. The van der Waals surface area contributed by atoms with E-state index in [1.54, 1.807) is 12.1 Å². The molecule has 1 aromatic rings. The van der Waals surface area contributed by atoms with Crippen LogP contribution in [-0.4, -0.2) is 31.1 Å². The van der Waals surface area contributed by atoms with Gasteiger partial charge in [-0.25, -0.2) is 8.78 Å². The fourth-order valence-corrected chi connectivity index (χ4v) is 2.85. The molecule has 112 valence electrons. The third-order valence-electron chi connectivity index (χ3n) is 4.12. The van der Waals surface area contributed by atoms with Crippen LogP contribution in [0.1, 0.15) is 43.2 Å². The highest BCUT2D eigenvalue weighted by atomic mass is 19.3. The second-order valence-electron chi connectivity index (χ2n) is 5.64. The molecule has 0 aliphatic heterocycles. The molecule has 0 saturated heterocycles. The lowest BCUT2D eigenvalue weighted by atomic mass is 10.1. The van der Waals surface area contributed by atoms with E-state index in [2.05, 4.69) is 17.3 Å². The summed E-state index contributed by atoms with van der Waals surface area (Å²) in [4.78, 5) is 2.41. The van der Waals surface area contributed by atoms with Gasteiger partial charge in [-0.1, -0.05) is 31.0 Å². The lowest BCUT2D eigenvalue weighted by molar-refractivity contribution is 0.151. The SMILES string of the molecule is CN(CCNCc1cccc(C(F)F)c1)C1CCCC1. The predicted molar refractivity (Wildman–Crippen MR) is 78.0 cm³/mol. The van der Waals surface area contributed by atoms with Gasteiger partial charge < -0.3 is 10.2 Å². The van der Waals surface area contributed by atoms with E-state index in [9.17, 15) is 8.78 Å². The molecule has 0 amide bonds. The molecule has 0 radical (unpaired) electrons. The molecule has 1 fully saturated rings. The average Bonchev–Trinajstić information content (AvgIpc) is 2.98. The number of halogens is 2. The quantitative estimate of drug-likeness (QED) is 0.769. The van der Waals surface area contributed by atoms with Crippen LogP contribution in [0.3, 0.4) is 0 Å². The van der Waals surface area contributed by atoms with Gasteiger partial charge in [0.05, 0.1) is 0 Å². The molecule has 1 aliphatic rings. The highest BCUT2D eigenvalue weighted by Crippen LogP contribution is 2.22. The molecular weight excluding hydrogens is 258 g/mol. The molecule has 0 aromatic heterocycles. The maximum absolute atomic E-state index is 12.6. The predicted octanol–water partition coefficient (Wildman–Crippen LogP) is 3.59. The van der Waals surface area contributed by atoms with Crippen molar-refractivity contribution >= 4 is 0 Å². The van der Waals surface area contributed by atoms with Gasteiger partial charge in [-0.3, -0.25) is 0 Å². The van der Waals surface area contributed by atoms with Crippen molar-refractivity contribution in [3.05, 3.63) is 35.4 Å². The second kappa shape index (κ2) is 7.70. The highest BCUT2D eigenvalue weighted by molar-refractivity contribution is 5.24. The number of nitrogens with zero attached hydrogens (tertiary/aromatic N) is 1. The summed E-state index contributed by atoms with van der Waals surface area (Å²) in [6.45, 7) is 2.56. The van der Waals surface area contributed by atoms with E-state index in [1.807, 2.05) is 6.07 Å². The number of nitrogens with one attached hydrogen (secondary N) is 1. The topological polar surface area (TPSA) is 15.3 Å². The summed E-state index contributed by atoms with van der Waals surface area (Å²) >= 11 is 0. The van der Waals surface area contributed by atoms with E-state index in [0.29, 0.717) is 6.54 Å². The number of benzene rings is 1. The standard InChI is InChI=1S/C16H24F2N2/c1-20(15-7-2-3-8-15)10-9-19-12-13-5-4-6-14(11-13)16(17)18/h4-6,11,15-16,19H,2-3,7-10,12H2,1H3. The average molecular weight is 282 g/mol. The maximum atomic E-state index is 12.6. The summed E-state index contributed by atoms with van der Waals surface area (Å²) < 4.78 is 25.2. The number of hydrogen-bond donors (Lipinski definition) is 1. The molecule has 1 aliphatic carbocycles. The van der Waals surface area contributed by atoms with E-state index >= 15 is 0 Å². The zero-order valence-electron chi connectivity index (χ0n) is 12.1. The van der Waals surface area contributed by atoms with Crippen LogP contribution in [0.2, 0.25) is 0 Å². The zero-order chi connectivity index (χ0) is 14.4. The first kappa shape index (κ1) is 15.4. The molecule has 0 unspecified atom stereocenters. The van der Waals surface area contributed by atoms with E-state index in [0.717, 1.165) is 24.7 Å². The van der Waals surface area contributed by atoms with E-state index in [-0.39, 0.29) is 5.56 Å². The van der Waals surface area contributed by atoms with Crippen LogP contribution in [0, 0.1) is 0 Å². The molecule has 0 heterocycles. The molecule has 2 rings (SSSR count). The summed E-state index contributed by atoms with van der Waals surface area (Å²) in [5.74, 6) is 0. The van der Waals surface area contributed by atoms with Gasteiger partial charge in [-0.05, 0) is 31.5 Å². The molecular formula is C16H24F2N2. The second-order valence-corrected chi connectivity index (χ2v) is 5.64. The van der Waals surface area contributed by atoms with Gasteiger partial charge in [0.15, 0.2) is 0 Å². The first-order valence-corrected chi connectivity index (χ1v) is 7.45. The van der Waals surface area contributed by atoms with Crippen molar-refractivity contribution in [1.29, 1.82) is 0 Å². The van der Waals surface area contributed by atoms with Crippen molar-refractivity contribution in [1.82, 2.24) is 10.2 Å². The first-order chi connectivity index (χ1) is 9.66. The Balaban J connectivity index is 1.69. The Morgan fingerprint density at radius 2 is 2.05 bits per heavy atom. The third-order valence-corrected chi connectivity index (χ3v) is 4.12. The molecule has 2 nitrogen and oxygen atoms in total. The smallest absolute Gasteiger partial charge is 0.263 e. The zero-order valence-corrected chi connectivity index (χ0v) is 12.1. The Bertz CT molecular complexity index is 403. The van der Waals surface area contributed by atoms with Crippen molar-refractivity contribution in [2.45, 2.75) is 44.7 Å². The van der Waals surface area contributed by atoms with Gasteiger partial charge in [0.1, 0.15) is 0 Å². The van der Waals surface area contributed by atoms with Crippen LogP contribution >= 0.6 is 0 Å². The van der Waals surface area contributed by atoms with Gasteiger partial charge in [-0.15, -0.1) is 0 Å².